The molecule has 122 valence electrons. The van der Waals surface area contributed by atoms with E-state index in [2.05, 4.69) is 15.3 Å². The lowest BCUT2D eigenvalue weighted by Crippen LogP contribution is -2.12. The molecule has 24 heavy (non-hydrogen) atoms. The van der Waals surface area contributed by atoms with Crippen LogP contribution >= 0.6 is 0 Å². The zero-order valence-electron chi connectivity index (χ0n) is 13.8. The lowest BCUT2D eigenvalue weighted by atomic mass is 10.2. The topological polar surface area (TPSA) is 69.0 Å². The van der Waals surface area contributed by atoms with Gasteiger partial charge >= 0.3 is 0 Å². The van der Waals surface area contributed by atoms with Crippen molar-refractivity contribution in [3.8, 4) is 11.4 Å². The predicted molar refractivity (Wildman–Crippen MR) is 91.8 cm³/mol. The Morgan fingerprint density at radius 1 is 1.17 bits per heavy atom. The van der Waals surface area contributed by atoms with Crippen LogP contribution < -0.4 is 10.1 Å². The van der Waals surface area contributed by atoms with Crippen LogP contribution in [0.2, 0.25) is 0 Å². The van der Waals surface area contributed by atoms with Gasteiger partial charge in [-0.25, -0.2) is 4.98 Å². The van der Waals surface area contributed by atoms with Gasteiger partial charge in [-0.2, -0.15) is 0 Å². The molecule has 0 saturated heterocycles. The average molecular weight is 322 g/mol. The monoisotopic (exact) mass is 322 g/mol. The lowest BCUT2D eigenvalue weighted by molar-refractivity contribution is 0.102. The number of pyridine rings is 1. The Bertz CT molecular complexity index is 869. The number of amides is 1. The van der Waals surface area contributed by atoms with Crippen molar-refractivity contribution < 1.29 is 9.53 Å². The quantitative estimate of drug-likeness (QED) is 0.801. The number of rotatable bonds is 4. The number of ether oxygens (including phenoxy) is 1. The van der Waals surface area contributed by atoms with Crippen LogP contribution in [0.5, 0.6) is 5.75 Å². The predicted octanol–water partition coefficient (Wildman–Crippen LogP) is 3.15. The first kappa shape index (κ1) is 15.7. The van der Waals surface area contributed by atoms with E-state index in [-0.39, 0.29) is 5.91 Å². The van der Waals surface area contributed by atoms with E-state index in [9.17, 15) is 4.79 Å². The number of hydrogen-bond donors (Lipinski definition) is 1. The van der Waals surface area contributed by atoms with Crippen molar-refractivity contribution in [1.29, 1.82) is 0 Å². The summed E-state index contributed by atoms with van der Waals surface area (Å²) in [5, 5.41) is 2.85. The normalized spacial score (nSPS) is 10.5. The average Bonchev–Trinajstić information content (AvgIpc) is 2.95. The van der Waals surface area contributed by atoms with Gasteiger partial charge in [0.05, 0.1) is 30.9 Å². The summed E-state index contributed by atoms with van der Waals surface area (Å²) in [7, 11) is 1.54. The molecule has 2 heterocycles. The van der Waals surface area contributed by atoms with Crippen molar-refractivity contribution in [3.63, 3.8) is 0 Å². The zero-order chi connectivity index (χ0) is 17.1. The highest BCUT2D eigenvalue weighted by Crippen LogP contribution is 2.18. The Balaban J connectivity index is 1.76. The van der Waals surface area contributed by atoms with Crippen LogP contribution in [-0.4, -0.2) is 27.6 Å². The summed E-state index contributed by atoms with van der Waals surface area (Å²) >= 11 is 0. The van der Waals surface area contributed by atoms with Crippen LogP contribution in [0.25, 0.3) is 5.69 Å². The largest absolute Gasteiger partial charge is 0.495 e. The number of anilines is 1. The Hall–Kier alpha value is -3.15. The van der Waals surface area contributed by atoms with E-state index in [1.54, 1.807) is 18.6 Å². The van der Waals surface area contributed by atoms with Crippen molar-refractivity contribution in [1.82, 2.24) is 14.5 Å². The molecule has 0 bridgehead atoms. The molecular weight excluding hydrogens is 304 g/mol. The number of nitrogens with zero attached hydrogens (tertiary/aromatic N) is 3. The number of aromatic nitrogens is 3. The number of methoxy groups -OCH3 is 1. The second-order valence-electron chi connectivity index (χ2n) is 5.40. The highest BCUT2D eigenvalue weighted by molar-refractivity contribution is 6.04. The van der Waals surface area contributed by atoms with Crippen molar-refractivity contribution in [2.75, 3.05) is 12.4 Å². The van der Waals surface area contributed by atoms with E-state index < -0.39 is 0 Å². The molecule has 0 aliphatic carbocycles. The van der Waals surface area contributed by atoms with Gasteiger partial charge in [0.1, 0.15) is 5.75 Å². The Morgan fingerprint density at radius 2 is 1.92 bits per heavy atom. The van der Waals surface area contributed by atoms with E-state index >= 15 is 0 Å². The molecule has 6 nitrogen and oxygen atoms in total. The van der Waals surface area contributed by atoms with Crippen LogP contribution in [0.4, 0.5) is 5.69 Å². The SMILES string of the molecule is COc1cncc(C(=O)Nc2ccc(-n3cnc(C)c3C)cc2)c1. The minimum absolute atomic E-state index is 0.233. The number of imidazole rings is 1. The van der Waals surface area contributed by atoms with Crippen molar-refractivity contribution in [3.05, 3.63) is 66.0 Å². The number of benzene rings is 1. The number of nitrogens with one attached hydrogen (secondary N) is 1. The Labute approximate surface area is 140 Å². The third-order valence-corrected chi connectivity index (χ3v) is 3.87. The Kier molecular flexibility index (Phi) is 4.29. The summed E-state index contributed by atoms with van der Waals surface area (Å²) in [4.78, 5) is 20.6. The maximum Gasteiger partial charge on any atom is 0.257 e. The van der Waals surface area contributed by atoms with Crippen molar-refractivity contribution in [2.45, 2.75) is 13.8 Å². The first-order valence-corrected chi connectivity index (χ1v) is 7.50. The maximum absolute atomic E-state index is 12.3. The fourth-order valence-electron chi connectivity index (χ4n) is 2.32. The minimum atomic E-state index is -0.233. The highest BCUT2D eigenvalue weighted by Gasteiger charge is 2.09. The molecule has 0 saturated carbocycles. The van der Waals surface area contributed by atoms with E-state index in [1.165, 1.54) is 13.3 Å². The summed E-state index contributed by atoms with van der Waals surface area (Å²) < 4.78 is 7.09. The summed E-state index contributed by atoms with van der Waals surface area (Å²) in [6.07, 6.45) is 4.85. The molecule has 1 N–H and O–H groups in total. The van der Waals surface area contributed by atoms with Crippen molar-refractivity contribution in [2.24, 2.45) is 0 Å². The molecule has 0 atom stereocenters. The second kappa shape index (κ2) is 6.54. The molecule has 6 heteroatoms. The summed E-state index contributed by atoms with van der Waals surface area (Å²) in [5.74, 6) is 0.313. The van der Waals surface area contributed by atoms with Crippen LogP contribution in [0.15, 0.2) is 49.1 Å². The maximum atomic E-state index is 12.3. The van der Waals surface area contributed by atoms with Gasteiger partial charge in [0, 0.05) is 23.3 Å². The van der Waals surface area contributed by atoms with Gasteiger partial charge in [-0.05, 0) is 44.2 Å². The molecule has 1 amide bonds. The van der Waals surface area contributed by atoms with E-state index in [1.807, 2.05) is 42.7 Å². The fraction of sp³-hybridized carbons (Fsp3) is 0.167. The molecule has 0 spiro atoms. The number of aryl methyl sites for hydroxylation is 1. The van der Waals surface area contributed by atoms with Gasteiger partial charge in [-0.15, -0.1) is 0 Å². The molecule has 1 aromatic carbocycles. The highest BCUT2D eigenvalue weighted by atomic mass is 16.5. The third-order valence-electron chi connectivity index (χ3n) is 3.87. The molecule has 0 unspecified atom stereocenters. The minimum Gasteiger partial charge on any atom is -0.495 e. The van der Waals surface area contributed by atoms with Crippen LogP contribution in [0, 0.1) is 13.8 Å². The molecule has 3 rings (SSSR count). The van der Waals surface area contributed by atoms with E-state index in [4.69, 9.17) is 4.74 Å². The number of hydrogen-bond acceptors (Lipinski definition) is 4. The summed E-state index contributed by atoms with van der Waals surface area (Å²) in [5.41, 5.74) is 4.24. The molecule has 0 aliphatic heterocycles. The number of carbonyl (C=O) groups is 1. The van der Waals surface area contributed by atoms with Gasteiger partial charge in [0.2, 0.25) is 0 Å². The first-order valence-electron chi connectivity index (χ1n) is 7.50. The van der Waals surface area contributed by atoms with Crippen molar-refractivity contribution >= 4 is 11.6 Å². The van der Waals surface area contributed by atoms with Crippen LogP contribution in [0.1, 0.15) is 21.7 Å². The fourth-order valence-corrected chi connectivity index (χ4v) is 2.32. The second-order valence-corrected chi connectivity index (χ2v) is 5.40. The van der Waals surface area contributed by atoms with Crippen LogP contribution in [0.3, 0.4) is 0 Å². The lowest BCUT2D eigenvalue weighted by Gasteiger charge is -2.09. The third kappa shape index (κ3) is 3.12. The van der Waals surface area contributed by atoms with Gasteiger partial charge in [-0.1, -0.05) is 0 Å². The molecule has 0 fully saturated rings. The molecule has 0 radical (unpaired) electrons. The molecule has 2 aromatic heterocycles. The molecule has 0 aliphatic rings. The van der Waals surface area contributed by atoms with Gasteiger partial charge in [0.15, 0.2) is 0 Å². The van der Waals surface area contributed by atoms with Gasteiger partial charge in [-0.3, -0.25) is 9.78 Å². The molecule has 3 aromatic rings. The van der Waals surface area contributed by atoms with Gasteiger partial charge in [0.25, 0.3) is 5.91 Å². The van der Waals surface area contributed by atoms with E-state index in [0.29, 0.717) is 17.0 Å². The standard InChI is InChI=1S/C18H18N4O2/c1-12-13(2)22(11-20-12)16-6-4-15(5-7-16)21-18(23)14-8-17(24-3)10-19-9-14/h4-11H,1-3H3,(H,21,23). The Morgan fingerprint density at radius 3 is 2.54 bits per heavy atom. The van der Waals surface area contributed by atoms with Gasteiger partial charge < -0.3 is 14.6 Å². The molecular formula is C18H18N4O2. The van der Waals surface area contributed by atoms with Crippen LogP contribution in [-0.2, 0) is 0 Å². The smallest absolute Gasteiger partial charge is 0.257 e. The number of carbonyl (C=O) groups excluding carboxylic acids is 1. The zero-order valence-corrected chi connectivity index (χ0v) is 13.8. The summed E-state index contributed by atoms with van der Waals surface area (Å²) in [6, 6.07) is 9.24. The van der Waals surface area contributed by atoms with E-state index in [0.717, 1.165) is 17.1 Å². The first-order chi connectivity index (χ1) is 11.6. The summed E-state index contributed by atoms with van der Waals surface area (Å²) in [6.45, 7) is 4.00.